The lowest BCUT2D eigenvalue weighted by Crippen LogP contribution is -2.49. The first-order valence-corrected chi connectivity index (χ1v) is 7.88. The van der Waals surface area contributed by atoms with Gasteiger partial charge in [-0.15, -0.1) is 0 Å². The van der Waals surface area contributed by atoms with Gasteiger partial charge in [0.25, 0.3) is 5.91 Å². The van der Waals surface area contributed by atoms with E-state index in [2.05, 4.69) is 10.3 Å². The lowest BCUT2D eigenvalue weighted by Gasteiger charge is -2.25. The lowest BCUT2D eigenvalue weighted by atomic mass is 9.94. The van der Waals surface area contributed by atoms with Crippen molar-refractivity contribution in [3.05, 3.63) is 77.7 Å². The smallest absolute Gasteiger partial charge is 0.253 e. The predicted octanol–water partition coefficient (Wildman–Crippen LogP) is 3.30. The molecule has 4 nitrogen and oxygen atoms in total. The molecule has 5 heteroatoms. The molecule has 0 spiro atoms. The molecule has 0 fully saturated rings. The number of carbonyl (C=O) groups excluding carboxylic acids is 2. The number of nitrogens with zero attached hydrogens (tertiary/aromatic N) is 1. The van der Waals surface area contributed by atoms with Gasteiger partial charge >= 0.3 is 0 Å². The molecular formula is C20H17FN2O2. The molecule has 3 aromatic rings. The molecule has 0 saturated heterocycles. The minimum absolute atomic E-state index is 0.210. The van der Waals surface area contributed by atoms with E-state index < -0.39 is 17.3 Å². The summed E-state index contributed by atoms with van der Waals surface area (Å²) >= 11 is 0. The maximum atomic E-state index is 13.7. The van der Waals surface area contributed by atoms with E-state index in [1.807, 2.05) is 30.3 Å². The number of hydrogen-bond donors (Lipinski definition) is 1. The highest BCUT2D eigenvalue weighted by Crippen LogP contribution is 2.17. The van der Waals surface area contributed by atoms with Crippen LogP contribution in [0.3, 0.4) is 0 Å². The summed E-state index contributed by atoms with van der Waals surface area (Å²) in [6, 6.07) is 15.6. The molecule has 1 N–H and O–H groups in total. The van der Waals surface area contributed by atoms with Gasteiger partial charge < -0.3 is 10.1 Å². The number of para-hydroxylation sites is 1. The van der Waals surface area contributed by atoms with Crippen molar-refractivity contribution in [2.75, 3.05) is 0 Å². The van der Waals surface area contributed by atoms with Gasteiger partial charge in [0.15, 0.2) is 0 Å². The van der Waals surface area contributed by atoms with Gasteiger partial charge in [-0.3, -0.25) is 9.78 Å². The molecule has 25 heavy (non-hydrogen) atoms. The average Bonchev–Trinajstić information content (AvgIpc) is 2.62. The Labute approximate surface area is 144 Å². The van der Waals surface area contributed by atoms with Gasteiger partial charge in [-0.25, -0.2) is 4.39 Å². The first-order chi connectivity index (χ1) is 12.0. The van der Waals surface area contributed by atoms with Crippen molar-refractivity contribution in [1.82, 2.24) is 10.3 Å². The van der Waals surface area contributed by atoms with Crippen molar-refractivity contribution < 1.29 is 14.0 Å². The highest BCUT2D eigenvalue weighted by atomic mass is 19.1. The second-order valence-corrected chi connectivity index (χ2v) is 6.19. The molecule has 0 aliphatic carbocycles. The minimum atomic E-state index is -1.05. The van der Waals surface area contributed by atoms with Gasteiger partial charge in [-0.05, 0) is 24.6 Å². The molecule has 2 aromatic carbocycles. The molecule has 0 radical (unpaired) electrons. The first-order valence-electron chi connectivity index (χ1n) is 7.88. The summed E-state index contributed by atoms with van der Waals surface area (Å²) in [5, 5.41) is 3.28. The second-order valence-electron chi connectivity index (χ2n) is 6.19. The first kappa shape index (κ1) is 16.8. The Morgan fingerprint density at radius 1 is 1.20 bits per heavy atom. The van der Waals surface area contributed by atoms with Gasteiger partial charge in [0.1, 0.15) is 17.6 Å². The number of hydrogen-bond acceptors (Lipinski definition) is 3. The number of benzene rings is 2. The number of nitrogens with one attached hydrogen (secondary N) is 1. The molecule has 1 heterocycles. The van der Waals surface area contributed by atoms with Crippen LogP contribution in [0.4, 0.5) is 4.39 Å². The van der Waals surface area contributed by atoms with E-state index >= 15 is 0 Å². The Morgan fingerprint density at radius 2 is 1.96 bits per heavy atom. The molecule has 0 saturated carbocycles. The van der Waals surface area contributed by atoms with Crippen LogP contribution in [0, 0.1) is 5.82 Å². The van der Waals surface area contributed by atoms with Crippen LogP contribution in [-0.2, 0) is 11.2 Å². The number of halogens is 1. The Hall–Kier alpha value is -3.08. The molecule has 0 bridgehead atoms. The molecule has 1 atom stereocenters. The topological polar surface area (TPSA) is 59.1 Å². The van der Waals surface area contributed by atoms with Crippen molar-refractivity contribution in [2.45, 2.75) is 18.9 Å². The molecule has 1 amide bonds. The molecule has 3 rings (SSSR count). The number of aromatic nitrogens is 1. The quantitative estimate of drug-likeness (QED) is 0.727. The van der Waals surface area contributed by atoms with E-state index in [-0.39, 0.29) is 11.1 Å². The molecule has 1 aromatic heterocycles. The molecule has 1 unspecified atom stereocenters. The SMILES string of the molecule is CC(C=O)(Cc1ccccc1)NC(=O)c1cnc2c(F)cccc2c1. The average molecular weight is 336 g/mol. The monoisotopic (exact) mass is 336 g/mol. The van der Waals surface area contributed by atoms with Crippen LogP contribution in [0.1, 0.15) is 22.8 Å². The predicted molar refractivity (Wildman–Crippen MR) is 93.8 cm³/mol. The van der Waals surface area contributed by atoms with Crippen LogP contribution in [0.2, 0.25) is 0 Å². The number of carbonyl (C=O) groups is 2. The van der Waals surface area contributed by atoms with Crippen LogP contribution in [0.15, 0.2) is 60.8 Å². The molecule has 126 valence electrons. The number of pyridine rings is 1. The molecule has 0 aliphatic rings. The zero-order valence-corrected chi connectivity index (χ0v) is 13.7. The molecular weight excluding hydrogens is 319 g/mol. The normalized spacial score (nSPS) is 13.2. The van der Waals surface area contributed by atoms with Crippen LogP contribution in [0.5, 0.6) is 0 Å². The summed E-state index contributed by atoms with van der Waals surface area (Å²) in [5.41, 5.74) is 0.381. The van der Waals surface area contributed by atoms with E-state index in [4.69, 9.17) is 0 Å². The van der Waals surface area contributed by atoms with Gasteiger partial charge in [0.2, 0.25) is 0 Å². The van der Waals surface area contributed by atoms with Crippen molar-refractivity contribution >= 4 is 23.1 Å². The summed E-state index contributed by atoms with van der Waals surface area (Å²) in [6.45, 7) is 1.67. The lowest BCUT2D eigenvalue weighted by molar-refractivity contribution is -0.112. The zero-order valence-electron chi connectivity index (χ0n) is 13.7. The van der Waals surface area contributed by atoms with Crippen LogP contribution in [-0.4, -0.2) is 22.7 Å². The largest absolute Gasteiger partial charge is 0.340 e. The Bertz CT molecular complexity index is 927. The highest BCUT2D eigenvalue weighted by molar-refractivity contribution is 5.99. The number of fused-ring (bicyclic) bond motifs is 1. The van der Waals surface area contributed by atoms with Gasteiger partial charge in [-0.2, -0.15) is 0 Å². The zero-order chi connectivity index (χ0) is 17.9. The van der Waals surface area contributed by atoms with E-state index in [0.29, 0.717) is 11.8 Å². The summed E-state index contributed by atoms with van der Waals surface area (Å²) in [5.74, 6) is -0.865. The van der Waals surface area contributed by atoms with Crippen molar-refractivity contribution in [3.63, 3.8) is 0 Å². The van der Waals surface area contributed by atoms with E-state index in [9.17, 15) is 14.0 Å². The highest BCUT2D eigenvalue weighted by Gasteiger charge is 2.27. The maximum absolute atomic E-state index is 13.7. The van der Waals surface area contributed by atoms with Crippen molar-refractivity contribution in [2.24, 2.45) is 0 Å². The fourth-order valence-corrected chi connectivity index (χ4v) is 2.71. The fourth-order valence-electron chi connectivity index (χ4n) is 2.71. The van der Waals surface area contributed by atoms with Gasteiger partial charge in [0, 0.05) is 18.0 Å². The maximum Gasteiger partial charge on any atom is 0.253 e. The summed E-state index contributed by atoms with van der Waals surface area (Å²) in [7, 11) is 0. The Kier molecular flexibility index (Phi) is 4.57. The Balaban J connectivity index is 1.83. The van der Waals surface area contributed by atoms with Crippen molar-refractivity contribution in [3.8, 4) is 0 Å². The van der Waals surface area contributed by atoms with E-state index in [0.717, 1.165) is 11.8 Å². The van der Waals surface area contributed by atoms with E-state index in [1.54, 1.807) is 25.1 Å². The van der Waals surface area contributed by atoms with Gasteiger partial charge in [-0.1, -0.05) is 42.5 Å². The Morgan fingerprint density at radius 3 is 2.68 bits per heavy atom. The summed E-state index contributed by atoms with van der Waals surface area (Å²) in [4.78, 5) is 28.1. The number of amides is 1. The number of aldehydes is 1. The van der Waals surface area contributed by atoms with Crippen molar-refractivity contribution in [1.29, 1.82) is 0 Å². The standard InChI is InChI=1S/C20H17FN2O2/c1-20(13-24,11-14-6-3-2-4-7-14)23-19(25)16-10-15-8-5-9-17(21)18(15)22-12-16/h2-10,12-13H,11H2,1H3,(H,23,25). The number of rotatable bonds is 5. The summed E-state index contributed by atoms with van der Waals surface area (Å²) < 4.78 is 13.7. The third-order valence-electron chi connectivity index (χ3n) is 4.00. The van der Waals surface area contributed by atoms with Crippen LogP contribution >= 0.6 is 0 Å². The van der Waals surface area contributed by atoms with Crippen LogP contribution in [0.25, 0.3) is 10.9 Å². The van der Waals surface area contributed by atoms with Gasteiger partial charge in [0.05, 0.1) is 11.1 Å². The van der Waals surface area contributed by atoms with Crippen LogP contribution < -0.4 is 5.32 Å². The molecule has 0 aliphatic heterocycles. The fraction of sp³-hybridized carbons (Fsp3) is 0.150. The third kappa shape index (κ3) is 3.71. The summed E-state index contributed by atoms with van der Waals surface area (Å²) in [6.07, 6.45) is 2.42. The second kappa shape index (κ2) is 6.81. The van der Waals surface area contributed by atoms with E-state index in [1.165, 1.54) is 12.3 Å². The minimum Gasteiger partial charge on any atom is -0.340 e. The third-order valence-corrected chi connectivity index (χ3v) is 4.00.